The lowest BCUT2D eigenvalue weighted by Crippen LogP contribution is -2.63. The molecular weight excluding hydrogens is 824 g/mol. The molecule has 29 heteroatoms. The van der Waals surface area contributed by atoms with E-state index in [1.54, 1.807) is 0 Å². The third-order valence-electron chi connectivity index (χ3n) is 8.75. The fourth-order valence-corrected chi connectivity index (χ4v) is 4.72. The first kappa shape index (κ1) is 59.9. The summed E-state index contributed by atoms with van der Waals surface area (Å²) < 4.78 is 10.1. The van der Waals surface area contributed by atoms with E-state index < -0.39 is 187 Å². The molecule has 0 aromatic rings. The lowest BCUT2D eigenvalue weighted by Gasteiger charge is -2.42. The number of hydrogen-bond acceptors (Lipinski definition) is 29. The van der Waals surface area contributed by atoms with Crippen molar-refractivity contribution in [1.82, 2.24) is 0 Å². The second-order valence-electron chi connectivity index (χ2n) is 13.2. The summed E-state index contributed by atoms with van der Waals surface area (Å²) in [5.41, 5.74) is 0. The minimum absolute atomic E-state index is 0.708. The van der Waals surface area contributed by atoms with Gasteiger partial charge in [-0.15, -0.1) is 0 Å². The topological polar surface area (TPSA) is 565 Å². The van der Waals surface area contributed by atoms with Gasteiger partial charge in [0.1, 0.15) is 134 Å². The van der Waals surface area contributed by atoms with Gasteiger partial charge >= 0.3 is 0 Å². The Labute approximate surface area is 334 Å². The molecular formula is C30H64O29. The van der Waals surface area contributed by atoms with Gasteiger partial charge in [0.2, 0.25) is 0 Å². The molecule has 0 amide bonds. The Morgan fingerprint density at radius 2 is 0.559 bits per heavy atom. The van der Waals surface area contributed by atoms with Gasteiger partial charge in [-0.3, -0.25) is 0 Å². The highest BCUT2D eigenvalue weighted by molar-refractivity contribution is 4.98. The van der Waals surface area contributed by atoms with Gasteiger partial charge in [0.25, 0.3) is 0 Å². The summed E-state index contributed by atoms with van der Waals surface area (Å²) in [6.45, 7) is -5.36. The SMILES string of the molecule is OC1C(O)C(O)C(O)C(O)C1O.OC[C@@H](O)[C@@H](O)[C@H](O)[C@@H](O)CO.OC[C@@H](O)[C@@H](O)[C@H](O)[C@H](O)CO.OC[C@@H](O)[C@@H](O[C@H]1O[C@H](CO)[C@@H](O)[C@H](O)[C@H]1O)[C@H](O)[C@@H](O)CO. The monoisotopic (exact) mass is 888 g/mol. The van der Waals surface area contributed by atoms with Gasteiger partial charge in [0.15, 0.2) is 6.29 Å². The van der Waals surface area contributed by atoms with Crippen LogP contribution >= 0.6 is 0 Å². The maximum absolute atomic E-state index is 9.83. The van der Waals surface area contributed by atoms with Crippen LogP contribution in [0.5, 0.6) is 0 Å². The number of rotatable bonds is 18. The smallest absolute Gasteiger partial charge is 0.187 e. The molecule has 0 spiro atoms. The van der Waals surface area contributed by atoms with Crippen LogP contribution in [0.25, 0.3) is 0 Å². The van der Waals surface area contributed by atoms with E-state index in [9.17, 15) is 30.6 Å². The second kappa shape index (κ2) is 30.0. The maximum Gasteiger partial charge on any atom is 0.187 e. The Morgan fingerprint density at radius 3 is 0.797 bits per heavy atom. The van der Waals surface area contributed by atoms with Gasteiger partial charge < -0.3 is 147 Å². The summed E-state index contributed by atoms with van der Waals surface area (Å²) in [5.74, 6) is 0. The zero-order chi connectivity index (χ0) is 46.6. The first-order chi connectivity index (χ1) is 27.3. The van der Waals surface area contributed by atoms with Crippen molar-refractivity contribution in [3.05, 3.63) is 0 Å². The quantitative estimate of drug-likeness (QED) is 0.0607. The molecule has 2 fully saturated rings. The van der Waals surface area contributed by atoms with Crippen LogP contribution in [0.1, 0.15) is 0 Å². The van der Waals surface area contributed by atoms with Crippen LogP contribution in [0, 0.1) is 0 Å². The highest BCUT2D eigenvalue weighted by Crippen LogP contribution is 2.25. The molecule has 59 heavy (non-hydrogen) atoms. The molecule has 1 aliphatic heterocycles. The Bertz CT molecular complexity index is 910. The van der Waals surface area contributed by atoms with Crippen LogP contribution in [-0.4, -0.2) is 325 Å². The average molecular weight is 889 g/mol. The fraction of sp³-hybridized carbons (Fsp3) is 1.00. The van der Waals surface area contributed by atoms with E-state index in [0.717, 1.165) is 0 Å². The predicted octanol–water partition coefficient (Wildman–Crippen LogP) is -16.8. The van der Waals surface area contributed by atoms with E-state index in [0.29, 0.717) is 0 Å². The minimum atomic E-state index is -1.85. The summed E-state index contributed by atoms with van der Waals surface area (Å²) in [4.78, 5) is 0. The third kappa shape index (κ3) is 18.2. The first-order valence-corrected chi connectivity index (χ1v) is 17.5. The van der Waals surface area contributed by atoms with Gasteiger partial charge in [0, 0.05) is 0 Å². The van der Waals surface area contributed by atoms with Crippen LogP contribution in [0.4, 0.5) is 0 Å². The molecule has 1 heterocycles. The lowest BCUT2D eigenvalue weighted by molar-refractivity contribution is -0.327. The molecule has 29 nitrogen and oxygen atoms in total. The molecule has 2 rings (SSSR count). The van der Waals surface area contributed by atoms with Crippen molar-refractivity contribution in [2.45, 2.75) is 141 Å². The standard InChI is InChI=1S/C12H24O11.C6H12O6.2C6H14O6/c13-1-4(16)7(18)11(5(17)2-14)23-12-10(21)9(20)8(19)6(3-15)22-12;7-1-2(8)4(10)6(12)5(11)3(1)9;2*7-1-3(9)5(11)6(12)4(10)2-8/h4-21H,1-3H2;1-12H;2*3-12H,1-2H2/t4-,5+,6+,7+,8+,9-,10+,11+,12+;;3-,4+,5-,6-;3-,4-,5-,6-/m0.11/s1. The van der Waals surface area contributed by atoms with E-state index in [1.165, 1.54) is 0 Å². The summed E-state index contributed by atoms with van der Waals surface area (Å²) in [7, 11) is 0. The van der Waals surface area contributed by atoms with Crippen LogP contribution in [-0.2, 0) is 9.47 Å². The van der Waals surface area contributed by atoms with Crippen molar-refractivity contribution in [3.8, 4) is 0 Å². The van der Waals surface area contributed by atoms with Crippen molar-refractivity contribution in [2.75, 3.05) is 46.2 Å². The van der Waals surface area contributed by atoms with Crippen LogP contribution in [0.15, 0.2) is 0 Å². The Kier molecular flexibility index (Phi) is 30.5. The van der Waals surface area contributed by atoms with Crippen molar-refractivity contribution in [1.29, 1.82) is 0 Å². The van der Waals surface area contributed by atoms with E-state index in [4.69, 9.17) is 117 Å². The Morgan fingerprint density at radius 1 is 0.322 bits per heavy atom. The highest BCUT2D eigenvalue weighted by atomic mass is 16.7. The zero-order valence-corrected chi connectivity index (χ0v) is 31.1. The van der Waals surface area contributed by atoms with Gasteiger partial charge in [-0.25, -0.2) is 0 Å². The van der Waals surface area contributed by atoms with Crippen molar-refractivity contribution < 1.29 is 147 Å². The van der Waals surface area contributed by atoms with Crippen molar-refractivity contribution >= 4 is 0 Å². The van der Waals surface area contributed by atoms with E-state index in [2.05, 4.69) is 0 Å². The minimum Gasteiger partial charge on any atom is -0.394 e. The maximum atomic E-state index is 9.83. The molecule has 0 aromatic carbocycles. The molecule has 1 aliphatic carbocycles. The normalized spacial score (nSPS) is 34.5. The fourth-order valence-electron chi connectivity index (χ4n) is 4.72. The molecule has 0 unspecified atom stereocenters. The average Bonchev–Trinajstić information content (AvgIpc) is 3.25. The van der Waals surface area contributed by atoms with Crippen molar-refractivity contribution in [2.24, 2.45) is 0 Å². The Hall–Kier alpha value is -1.16. The van der Waals surface area contributed by atoms with Gasteiger partial charge in [0.05, 0.1) is 46.2 Å². The molecule has 1 saturated heterocycles. The van der Waals surface area contributed by atoms with Gasteiger partial charge in [-0.2, -0.15) is 0 Å². The molecule has 0 aromatic heterocycles. The van der Waals surface area contributed by atoms with Gasteiger partial charge in [-0.05, 0) is 0 Å². The molecule has 358 valence electrons. The van der Waals surface area contributed by atoms with Crippen LogP contribution in [0.3, 0.4) is 0 Å². The molecule has 1 saturated carbocycles. The lowest BCUT2D eigenvalue weighted by atomic mass is 9.85. The number of aliphatic hydroxyl groups is 27. The number of ether oxygens (including phenoxy) is 2. The Balaban J connectivity index is 0. The first-order valence-electron chi connectivity index (χ1n) is 17.5. The number of aliphatic hydroxyl groups excluding tert-OH is 27. The molecule has 2 aliphatic rings. The second-order valence-corrected chi connectivity index (χ2v) is 13.2. The van der Waals surface area contributed by atoms with E-state index >= 15 is 0 Å². The summed E-state index contributed by atoms with van der Waals surface area (Å²) in [6, 6.07) is 0. The molecule has 0 radical (unpaired) electrons. The summed E-state index contributed by atoms with van der Waals surface area (Å²) >= 11 is 0. The number of hydrogen-bond donors (Lipinski definition) is 27. The summed E-state index contributed by atoms with van der Waals surface area (Å²) in [5, 5.41) is 243. The summed E-state index contributed by atoms with van der Waals surface area (Å²) in [6.07, 6.45) is -37.7. The van der Waals surface area contributed by atoms with E-state index in [1.807, 2.05) is 0 Å². The predicted molar refractivity (Wildman–Crippen MR) is 183 cm³/mol. The van der Waals surface area contributed by atoms with E-state index in [-0.39, 0.29) is 0 Å². The molecule has 0 bridgehead atoms. The van der Waals surface area contributed by atoms with Crippen molar-refractivity contribution in [3.63, 3.8) is 0 Å². The van der Waals surface area contributed by atoms with Crippen LogP contribution in [0.2, 0.25) is 0 Å². The highest BCUT2D eigenvalue weighted by Gasteiger charge is 2.48. The largest absolute Gasteiger partial charge is 0.394 e. The molecule has 27 N–H and O–H groups in total. The zero-order valence-electron chi connectivity index (χ0n) is 31.1. The molecule has 17 atom stereocenters. The van der Waals surface area contributed by atoms with Gasteiger partial charge in [-0.1, -0.05) is 0 Å². The van der Waals surface area contributed by atoms with Crippen LogP contribution < -0.4 is 0 Å². The third-order valence-corrected chi connectivity index (χ3v) is 8.75.